The van der Waals surface area contributed by atoms with E-state index < -0.39 is 24.3 Å². The van der Waals surface area contributed by atoms with E-state index in [-0.39, 0.29) is 6.10 Å². The number of fused-ring (bicyclic) bond motifs is 1. The number of halogens is 6. The van der Waals surface area contributed by atoms with E-state index in [2.05, 4.69) is 44.7 Å². The molecule has 0 bridgehead atoms. The summed E-state index contributed by atoms with van der Waals surface area (Å²) in [6.07, 6.45) is -6.06. The molecule has 16 heteroatoms. The van der Waals surface area contributed by atoms with Crippen LogP contribution in [0.5, 0.6) is 0 Å². The molecular weight excluding hydrogens is 558 g/mol. The summed E-state index contributed by atoms with van der Waals surface area (Å²) in [5.41, 5.74) is 5.38. The van der Waals surface area contributed by atoms with Crippen LogP contribution in [-0.4, -0.2) is 66.6 Å². The van der Waals surface area contributed by atoms with Gasteiger partial charge >= 0.3 is 24.3 Å². The number of carbonyl (C=O) groups is 2. The van der Waals surface area contributed by atoms with Gasteiger partial charge in [-0.1, -0.05) is 6.07 Å². The van der Waals surface area contributed by atoms with E-state index in [0.717, 1.165) is 37.6 Å². The van der Waals surface area contributed by atoms with E-state index >= 15 is 0 Å². The Hall–Kier alpha value is -3.50. The van der Waals surface area contributed by atoms with Crippen LogP contribution in [0.2, 0.25) is 0 Å². The van der Waals surface area contributed by atoms with Crippen molar-refractivity contribution in [1.82, 2.24) is 19.4 Å². The summed E-state index contributed by atoms with van der Waals surface area (Å²) < 4.78 is 72.0. The molecule has 0 aliphatic carbocycles. The molecule has 3 aromatic rings. The number of aryl methyl sites for hydroxylation is 1. The second-order valence-electron chi connectivity index (χ2n) is 8.04. The topological polar surface area (TPSA) is 118 Å². The molecule has 1 unspecified atom stereocenters. The minimum absolute atomic E-state index is 0.142. The van der Waals surface area contributed by atoms with E-state index in [4.69, 9.17) is 24.5 Å². The first-order valence-corrected chi connectivity index (χ1v) is 11.9. The van der Waals surface area contributed by atoms with Crippen molar-refractivity contribution in [2.24, 2.45) is 0 Å². The van der Waals surface area contributed by atoms with E-state index in [1.165, 1.54) is 10.6 Å². The lowest BCUT2D eigenvalue weighted by Gasteiger charge is -2.23. The molecule has 214 valence electrons. The predicted octanol–water partition coefficient (Wildman–Crippen LogP) is 4.52. The predicted molar refractivity (Wildman–Crippen MR) is 126 cm³/mol. The quantitative estimate of drug-likeness (QED) is 0.422. The zero-order chi connectivity index (χ0) is 29.2. The van der Waals surface area contributed by atoms with Crippen LogP contribution >= 0.6 is 11.3 Å². The molecule has 2 N–H and O–H groups in total. The Labute approximate surface area is 222 Å². The lowest BCUT2D eigenvalue weighted by atomic mass is 10.3. The summed E-state index contributed by atoms with van der Waals surface area (Å²) in [6, 6.07) is 10.3. The van der Waals surface area contributed by atoms with Crippen molar-refractivity contribution in [3.63, 3.8) is 0 Å². The highest BCUT2D eigenvalue weighted by Crippen LogP contribution is 2.21. The number of aromatic nitrogens is 3. The SMILES string of the molecule is Cc1ncsc1CN1Cc2cccn2CC(OCc2ccccn2)C1.O=C(O)C(F)(F)F.O=C(O)C(F)(F)F. The van der Waals surface area contributed by atoms with Gasteiger partial charge in [-0.25, -0.2) is 14.6 Å². The summed E-state index contributed by atoms with van der Waals surface area (Å²) in [4.78, 5) is 30.3. The molecule has 0 amide bonds. The van der Waals surface area contributed by atoms with Crippen LogP contribution in [0.15, 0.2) is 48.2 Å². The number of rotatable bonds is 5. The minimum atomic E-state index is -5.08. The van der Waals surface area contributed by atoms with Crippen molar-refractivity contribution >= 4 is 23.3 Å². The van der Waals surface area contributed by atoms with E-state index in [0.29, 0.717) is 6.61 Å². The maximum Gasteiger partial charge on any atom is 0.490 e. The number of hydrogen-bond donors (Lipinski definition) is 2. The smallest absolute Gasteiger partial charge is 0.475 e. The Morgan fingerprint density at radius 1 is 1.03 bits per heavy atom. The van der Waals surface area contributed by atoms with Crippen LogP contribution < -0.4 is 0 Å². The van der Waals surface area contributed by atoms with Gasteiger partial charge in [0.15, 0.2) is 0 Å². The highest BCUT2D eigenvalue weighted by molar-refractivity contribution is 7.09. The number of nitrogens with zero attached hydrogens (tertiary/aromatic N) is 4. The van der Waals surface area contributed by atoms with Gasteiger partial charge in [-0.3, -0.25) is 9.88 Å². The van der Waals surface area contributed by atoms with Crippen molar-refractivity contribution in [3.05, 3.63) is 70.2 Å². The molecule has 1 aliphatic rings. The average molecular weight is 583 g/mol. The van der Waals surface area contributed by atoms with Gasteiger partial charge in [0, 0.05) is 49.1 Å². The van der Waals surface area contributed by atoms with Crippen molar-refractivity contribution in [1.29, 1.82) is 0 Å². The van der Waals surface area contributed by atoms with Crippen molar-refractivity contribution in [2.75, 3.05) is 6.54 Å². The number of alkyl halides is 6. The zero-order valence-electron chi connectivity index (χ0n) is 20.3. The Kier molecular flexibility index (Phi) is 11.4. The second kappa shape index (κ2) is 14.0. The fourth-order valence-corrected chi connectivity index (χ4v) is 4.04. The van der Waals surface area contributed by atoms with Gasteiger partial charge < -0.3 is 19.5 Å². The van der Waals surface area contributed by atoms with Crippen LogP contribution in [0.3, 0.4) is 0 Å². The first-order chi connectivity index (χ1) is 18.2. The number of hydrogen-bond acceptors (Lipinski definition) is 7. The number of thiazole rings is 1. The van der Waals surface area contributed by atoms with E-state index in [1.807, 2.05) is 29.9 Å². The molecule has 1 aliphatic heterocycles. The monoisotopic (exact) mass is 582 g/mol. The largest absolute Gasteiger partial charge is 0.490 e. The minimum Gasteiger partial charge on any atom is -0.475 e. The molecule has 1 atom stereocenters. The first kappa shape index (κ1) is 31.7. The van der Waals surface area contributed by atoms with Gasteiger partial charge in [0.25, 0.3) is 0 Å². The molecule has 39 heavy (non-hydrogen) atoms. The van der Waals surface area contributed by atoms with Crippen molar-refractivity contribution < 1.29 is 50.9 Å². The van der Waals surface area contributed by atoms with Crippen LogP contribution in [0.25, 0.3) is 0 Å². The third kappa shape index (κ3) is 11.0. The van der Waals surface area contributed by atoms with E-state index in [9.17, 15) is 26.3 Å². The molecule has 0 fully saturated rings. The lowest BCUT2D eigenvalue weighted by molar-refractivity contribution is -0.193. The molecule has 0 saturated heterocycles. The van der Waals surface area contributed by atoms with Crippen molar-refractivity contribution in [2.45, 2.75) is 51.6 Å². The van der Waals surface area contributed by atoms with Crippen LogP contribution in [0.4, 0.5) is 26.3 Å². The van der Waals surface area contributed by atoms with Gasteiger partial charge in [-0.05, 0) is 31.2 Å². The number of carboxylic acids is 2. The van der Waals surface area contributed by atoms with Gasteiger partial charge in [-0.15, -0.1) is 11.3 Å². The van der Waals surface area contributed by atoms with Crippen LogP contribution in [-0.2, 0) is 40.6 Å². The number of ether oxygens (including phenoxy) is 1. The third-order valence-corrected chi connectivity index (χ3v) is 5.98. The van der Waals surface area contributed by atoms with Crippen LogP contribution in [0, 0.1) is 6.92 Å². The van der Waals surface area contributed by atoms with Gasteiger partial charge in [0.05, 0.1) is 29.6 Å². The summed E-state index contributed by atoms with van der Waals surface area (Å²) in [5.74, 6) is -5.51. The standard InChI is InChI=1S/C19H22N4OS.2C2HF3O2/c1-15-19(25-14-21-15)12-22-9-17-6-4-8-23(17)11-18(10-22)24-13-16-5-2-3-7-20-16;2*3-2(4,5)1(6)7/h2-8,14,18H,9-13H2,1H3;2*(H,6,7). The Balaban J connectivity index is 0.000000317. The molecule has 4 heterocycles. The van der Waals surface area contributed by atoms with Gasteiger partial charge in [0.1, 0.15) is 0 Å². The zero-order valence-corrected chi connectivity index (χ0v) is 21.1. The maximum atomic E-state index is 10.6. The molecule has 0 saturated carbocycles. The molecule has 0 spiro atoms. The first-order valence-electron chi connectivity index (χ1n) is 11.0. The van der Waals surface area contributed by atoms with Gasteiger partial charge in [-0.2, -0.15) is 26.3 Å². The summed E-state index contributed by atoms with van der Waals surface area (Å²) in [5, 5.41) is 14.2. The summed E-state index contributed by atoms with van der Waals surface area (Å²) in [6.45, 7) is 6.29. The molecule has 3 aromatic heterocycles. The summed E-state index contributed by atoms with van der Waals surface area (Å²) in [7, 11) is 0. The Morgan fingerprint density at radius 3 is 2.18 bits per heavy atom. The molecule has 0 radical (unpaired) electrons. The average Bonchev–Trinajstić information content (AvgIpc) is 3.41. The van der Waals surface area contributed by atoms with Crippen LogP contribution in [0.1, 0.15) is 22.0 Å². The summed E-state index contributed by atoms with van der Waals surface area (Å²) >= 11 is 1.73. The van der Waals surface area contributed by atoms with Gasteiger partial charge in [0.2, 0.25) is 0 Å². The molecule has 0 aromatic carbocycles. The maximum absolute atomic E-state index is 10.6. The highest BCUT2D eigenvalue weighted by atomic mass is 32.1. The molecule has 9 nitrogen and oxygen atoms in total. The number of pyridine rings is 1. The second-order valence-corrected chi connectivity index (χ2v) is 8.98. The van der Waals surface area contributed by atoms with E-state index in [1.54, 1.807) is 11.3 Å². The van der Waals surface area contributed by atoms with Crippen molar-refractivity contribution in [3.8, 4) is 0 Å². The highest BCUT2D eigenvalue weighted by Gasteiger charge is 2.38. The lowest BCUT2D eigenvalue weighted by Crippen LogP contribution is -2.32. The fourth-order valence-electron chi connectivity index (χ4n) is 3.22. The third-order valence-electron chi connectivity index (χ3n) is 5.06. The molecule has 4 rings (SSSR count). The number of carboxylic acid groups (broad SMARTS) is 2. The number of aliphatic carboxylic acids is 2. The Morgan fingerprint density at radius 2 is 1.67 bits per heavy atom. The Bertz CT molecular complexity index is 1180. The fraction of sp³-hybridized carbons (Fsp3) is 0.391. The normalized spacial score (nSPS) is 15.6. The molecular formula is C23H24F6N4O5S.